The molecule has 1 N–H and O–H groups in total. The Hall–Kier alpha value is -1.07. The zero-order valence-electron chi connectivity index (χ0n) is 10.7. The van der Waals surface area contributed by atoms with Crippen LogP contribution in [-0.2, 0) is 0 Å². The van der Waals surface area contributed by atoms with E-state index < -0.39 is 0 Å². The fourth-order valence-corrected chi connectivity index (χ4v) is 3.38. The summed E-state index contributed by atoms with van der Waals surface area (Å²) >= 11 is 3.29. The second-order valence-corrected chi connectivity index (χ2v) is 6.16. The van der Waals surface area contributed by atoms with E-state index in [-0.39, 0.29) is 11.7 Å². The third-order valence-electron chi connectivity index (χ3n) is 4.06. The molecule has 1 amide bonds. The Morgan fingerprint density at radius 2 is 2.16 bits per heavy atom. The smallest absolute Gasteiger partial charge is 0.257 e. The number of carbonyl (C=O) groups is 1. The van der Waals surface area contributed by atoms with Crippen LogP contribution in [0, 0.1) is 0 Å². The van der Waals surface area contributed by atoms with Crippen LogP contribution in [0.4, 0.5) is 0 Å². The lowest BCUT2D eigenvalue weighted by Gasteiger charge is -2.37. The van der Waals surface area contributed by atoms with E-state index in [1.54, 1.807) is 18.2 Å². The van der Waals surface area contributed by atoms with E-state index in [9.17, 15) is 9.90 Å². The van der Waals surface area contributed by atoms with Gasteiger partial charge in [0.15, 0.2) is 0 Å². The van der Waals surface area contributed by atoms with E-state index in [0.717, 1.165) is 30.7 Å². The van der Waals surface area contributed by atoms with Crippen molar-refractivity contribution >= 4 is 21.8 Å². The number of fused-ring (bicyclic) bond motifs is 1. The van der Waals surface area contributed by atoms with Crippen LogP contribution in [0.1, 0.15) is 23.2 Å². The minimum atomic E-state index is -0.0587. The molecule has 0 bridgehead atoms. The maximum absolute atomic E-state index is 12.5. The Kier molecular flexibility index (Phi) is 3.50. The molecule has 19 heavy (non-hydrogen) atoms. The van der Waals surface area contributed by atoms with Gasteiger partial charge in [0.1, 0.15) is 5.75 Å². The topological polar surface area (TPSA) is 43.8 Å². The molecule has 1 atom stereocenters. The summed E-state index contributed by atoms with van der Waals surface area (Å²) in [6.07, 6.45) is 2.41. The summed E-state index contributed by atoms with van der Waals surface area (Å²) in [4.78, 5) is 16.8. The van der Waals surface area contributed by atoms with Crippen LogP contribution in [0.5, 0.6) is 5.75 Å². The van der Waals surface area contributed by atoms with Gasteiger partial charge in [-0.25, -0.2) is 0 Å². The largest absolute Gasteiger partial charge is 0.507 e. The summed E-state index contributed by atoms with van der Waals surface area (Å²) in [6.45, 7) is 3.66. The third kappa shape index (κ3) is 2.49. The summed E-state index contributed by atoms with van der Waals surface area (Å²) in [6, 6.07) is 5.55. The van der Waals surface area contributed by atoms with Gasteiger partial charge >= 0.3 is 0 Å². The van der Waals surface area contributed by atoms with E-state index in [4.69, 9.17) is 0 Å². The van der Waals surface area contributed by atoms with E-state index in [2.05, 4.69) is 20.8 Å². The van der Waals surface area contributed by atoms with Gasteiger partial charge in [0.2, 0.25) is 0 Å². The number of nitrogens with zero attached hydrogens (tertiary/aromatic N) is 2. The van der Waals surface area contributed by atoms with Crippen LogP contribution in [-0.4, -0.2) is 53.0 Å². The maximum atomic E-state index is 12.5. The number of amides is 1. The molecule has 102 valence electrons. The van der Waals surface area contributed by atoms with Gasteiger partial charge in [0, 0.05) is 30.1 Å². The molecule has 0 saturated carbocycles. The highest BCUT2D eigenvalue weighted by Crippen LogP contribution is 2.26. The summed E-state index contributed by atoms with van der Waals surface area (Å²) in [5.74, 6) is -0.00947. The van der Waals surface area contributed by atoms with Crippen molar-refractivity contribution in [1.82, 2.24) is 9.80 Å². The van der Waals surface area contributed by atoms with Crippen LogP contribution >= 0.6 is 15.9 Å². The Bertz CT molecular complexity index is 506. The standard InChI is InChI=1S/C14H17BrN2O2/c15-10-3-4-12(13(18)8-10)14(19)17-7-6-16-5-1-2-11(16)9-17/h3-4,8,11,18H,1-2,5-7,9H2. The molecule has 0 spiro atoms. The molecular formula is C14H17BrN2O2. The molecule has 2 aliphatic rings. The monoisotopic (exact) mass is 324 g/mol. The molecule has 4 nitrogen and oxygen atoms in total. The lowest BCUT2D eigenvalue weighted by Crippen LogP contribution is -2.52. The average molecular weight is 325 g/mol. The lowest BCUT2D eigenvalue weighted by atomic mass is 10.1. The second-order valence-electron chi connectivity index (χ2n) is 5.24. The Labute approximate surface area is 121 Å². The molecular weight excluding hydrogens is 308 g/mol. The van der Waals surface area contributed by atoms with E-state index in [1.807, 2.05) is 4.90 Å². The quantitative estimate of drug-likeness (QED) is 0.860. The van der Waals surface area contributed by atoms with Crippen molar-refractivity contribution in [3.05, 3.63) is 28.2 Å². The first-order chi connectivity index (χ1) is 9.15. The minimum absolute atomic E-state index is 0.0493. The minimum Gasteiger partial charge on any atom is -0.507 e. The van der Waals surface area contributed by atoms with Crippen molar-refractivity contribution in [2.45, 2.75) is 18.9 Å². The normalized spacial score (nSPS) is 23.4. The highest BCUT2D eigenvalue weighted by molar-refractivity contribution is 9.10. The zero-order valence-corrected chi connectivity index (χ0v) is 12.3. The van der Waals surface area contributed by atoms with Crippen molar-refractivity contribution < 1.29 is 9.90 Å². The molecule has 2 aliphatic heterocycles. The maximum Gasteiger partial charge on any atom is 0.257 e. The summed E-state index contributed by atoms with van der Waals surface area (Å²) in [5, 5.41) is 9.89. The molecule has 1 aromatic carbocycles. The van der Waals surface area contributed by atoms with E-state index >= 15 is 0 Å². The Balaban J connectivity index is 1.76. The van der Waals surface area contributed by atoms with Crippen LogP contribution in [0.2, 0.25) is 0 Å². The second kappa shape index (κ2) is 5.13. The molecule has 0 radical (unpaired) electrons. The number of aromatic hydroxyl groups is 1. The van der Waals surface area contributed by atoms with Gasteiger partial charge < -0.3 is 10.0 Å². The first-order valence-electron chi connectivity index (χ1n) is 6.67. The van der Waals surface area contributed by atoms with Gasteiger partial charge in [-0.15, -0.1) is 0 Å². The van der Waals surface area contributed by atoms with Crippen molar-refractivity contribution in [3.63, 3.8) is 0 Å². The SMILES string of the molecule is O=C(c1ccc(Br)cc1O)N1CCN2CCCC2C1. The molecule has 3 rings (SSSR count). The first kappa shape index (κ1) is 12.9. The number of rotatable bonds is 1. The van der Waals surface area contributed by atoms with Gasteiger partial charge in [0.25, 0.3) is 5.91 Å². The van der Waals surface area contributed by atoms with Gasteiger partial charge in [-0.3, -0.25) is 9.69 Å². The Morgan fingerprint density at radius 1 is 1.32 bits per heavy atom. The molecule has 1 unspecified atom stereocenters. The van der Waals surface area contributed by atoms with Crippen molar-refractivity contribution in [3.8, 4) is 5.75 Å². The molecule has 1 aromatic rings. The highest BCUT2D eigenvalue weighted by Gasteiger charge is 2.33. The predicted molar refractivity (Wildman–Crippen MR) is 76.3 cm³/mol. The number of hydrogen-bond acceptors (Lipinski definition) is 3. The van der Waals surface area contributed by atoms with E-state index in [1.165, 1.54) is 12.8 Å². The first-order valence-corrected chi connectivity index (χ1v) is 7.46. The molecule has 2 saturated heterocycles. The number of phenols is 1. The Morgan fingerprint density at radius 3 is 2.95 bits per heavy atom. The van der Waals surface area contributed by atoms with Gasteiger partial charge in [-0.2, -0.15) is 0 Å². The van der Waals surface area contributed by atoms with Crippen LogP contribution < -0.4 is 0 Å². The van der Waals surface area contributed by atoms with Crippen LogP contribution in [0.25, 0.3) is 0 Å². The molecule has 2 heterocycles. The average Bonchev–Trinajstić information content (AvgIpc) is 2.85. The molecule has 0 aliphatic carbocycles. The van der Waals surface area contributed by atoms with Gasteiger partial charge in [0.05, 0.1) is 5.56 Å². The van der Waals surface area contributed by atoms with Crippen molar-refractivity contribution in [2.75, 3.05) is 26.2 Å². The van der Waals surface area contributed by atoms with E-state index in [0.29, 0.717) is 11.6 Å². The van der Waals surface area contributed by atoms with Crippen LogP contribution in [0.3, 0.4) is 0 Å². The summed E-state index contributed by atoms with van der Waals surface area (Å²) < 4.78 is 0.780. The molecule has 2 fully saturated rings. The number of halogens is 1. The fourth-order valence-electron chi connectivity index (χ4n) is 3.03. The number of phenolic OH excluding ortho intramolecular Hbond substituents is 1. The predicted octanol–water partition coefficient (Wildman–Crippen LogP) is 2.07. The lowest BCUT2D eigenvalue weighted by molar-refractivity contribution is 0.0568. The van der Waals surface area contributed by atoms with Gasteiger partial charge in [-0.05, 0) is 37.6 Å². The number of piperazine rings is 1. The molecule has 5 heteroatoms. The summed E-state index contributed by atoms with van der Waals surface area (Å²) in [7, 11) is 0. The number of benzene rings is 1. The third-order valence-corrected chi connectivity index (χ3v) is 4.56. The zero-order chi connectivity index (χ0) is 13.4. The van der Waals surface area contributed by atoms with Gasteiger partial charge in [-0.1, -0.05) is 15.9 Å². The van der Waals surface area contributed by atoms with Crippen molar-refractivity contribution in [1.29, 1.82) is 0 Å². The number of carbonyl (C=O) groups excluding carboxylic acids is 1. The number of hydrogen-bond donors (Lipinski definition) is 1. The van der Waals surface area contributed by atoms with Crippen molar-refractivity contribution in [2.24, 2.45) is 0 Å². The molecule has 0 aromatic heterocycles. The summed E-state index contributed by atoms with van der Waals surface area (Å²) in [5.41, 5.74) is 0.398. The van der Waals surface area contributed by atoms with Crippen LogP contribution in [0.15, 0.2) is 22.7 Å². The fraction of sp³-hybridized carbons (Fsp3) is 0.500. The highest BCUT2D eigenvalue weighted by atomic mass is 79.9.